The average Bonchev–Trinajstić information content (AvgIpc) is 2.57. The van der Waals surface area contributed by atoms with Gasteiger partial charge >= 0.3 is 5.97 Å². The fraction of sp³-hybridized carbons (Fsp3) is 0.920. The third kappa shape index (κ3) is 3.50. The second-order valence-electron chi connectivity index (χ2n) is 12.3. The monoisotopic (exact) mass is 387 g/mol. The van der Waals surface area contributed by atoms with E-state index in [1.807, 2.05) is 0 Å². The quantitative estimate of drug-likeness (QED) is 0.488. The van der Waals surface area contributed by atoms with Crippen molar-refractivity contribution in [2.75, 3.05) is 0 Å². The number of carbonyl (C=O) groups is 1. The number of nitrogens with zero attached hydrogens (tertiary/aromatic N) is 1. The van der Waals surface area contributed by atoms with Gasteiger partial charge in [-0.25, -0.2) is 0 Å². The smallest absolute Gasteiger partial charge is 0.312 e. The summed E-state index contributed by atoms with van der Waals surface area (Å²) in [6, 6.07) is 2.42. The van der Waals surface area contributed by atoms with Crippen LogP contribution in [0.25, 0.3) is 0 Å². The minimum atomic E-state index is -0.558. The highest BCUT2D eigenvalue weighted by molar-refractivity contribution is 5.78. The van der Waals surface area contributed by atoms with E-state index in [4.69, 9.17) is 4.74 Å². The Kier molecular flexibility index (Phi) is 5.44. The van der Waals surface area contributed by atoms with Crippen molar-refractivity contribution < 1.29 is 9.53 Å². The fourth-order valence-corrected chi connectivity index (χ4v) is 6.92. The van der Waals surface area contributed by atoms with Crippen LogP contribution in [0.15, 0.2) is 0 Å². The second kappa shape index (κ2) is 7.03. The maximum absolute atomic E-state index is 13.9. The topological polar surface area (TPSA) is 50.1 Å². The van der Waals surface area contributed by atoms with Crippen LogP contribution < -0.4 is 0 Å². The molecule has 0 N–H and O–H groups in total. The van der Waals surface area contributed by atoms with Crippen LogP contribution in [0.2, 0.25) is 0 Å². The first-order valence-electron chi connectivity index (χ1n) is 11.5. The van der Waals surface area contributed by atoms with Gasteiger partial charge in [-0.15, -0.1) is 0 Å². The molecule has 3 heteroatoms. The molecule has 0 aromatic heterocycles. The molecule has 0 radical (unpaired) electrons. The van der Waals surface area contributed by atoms with E-state index in [9.17, 15) is 10.1 Å². The van der Waals surface area contributed by atoms with Crippen molar-refractivity contribution in [3.05, 3.63) is 0 Å². The Morgan fingerprint density at radius 3 is 1.89 bits per heavy atom. The average molecular weight is 388 g/mol. The number of carbonyl (C=O) groups excluding carboxylic acids is 1. The van der Waals surface area contributed by atoms with Gasteiger partial charge in [-0.2, -0.15) is 5.26 Å². The fourth-order valence-electron chi connectivity index (χ4n) is 6.92. The molecule has 1 atom stereocenters. The molecule has 4 aliphatic carbocycles. The van der Waals surface area contributed by atoms with E-state index >= 15 is 0 Å². The molecule has 28 heavy (non-hydrogen) atoms. The summed E-state index contributed by atoms with van der Waals surface area (Å²) in [5.41, 5.74) is -1.22. The first-order valence-corrected chi connectivity index (χ1v) is 11.5. The van der Waals surface area contributed by atoms with Crippen molar-refractivity contribution in [3.63, 3.8) is 0 Å². The summed E-state index contributed by atoms with van der Waals surface area (Å²) < 4.78 is 6.59. The van der Waals surface area contributed by atoms with E-state index in [1.54, 1.807) is 0 Å². The van der Waals surface area contributed by atoms with Gasteiger partial charge < -0.3 is 4.74 Å². The number of ether oxygens (including phenoxy) is 1. The summed E-state index contributed by atoms with van der Waals surface area (Å²) in [6.45, 7) is 15.3. The van der Waals surface area contributed by atoms with Crippen LogP contribution in [0.4, 0.5) is 0 Å². The van der Waals surface area contributed by atoms with Crippen LogP contribution in [0.1, 0.15) is 99.8 Å². The first-order chi connectivity index (χ1) is 12.9. The molecule has 4 rings (SSSR count). The Morgan fingerprint density at radius 2 is 1.50 bits per heavy atom. The van der Waals surface area contributed by atoms with E-state index in [0.717, 1.165) is 50.4 Å². The van der Waals surface area contributed by atoms with Crippen LogP contribution in [0, 0.1) is 51.2 Å². The normalized spacial score (nSPS) is 36.6. The standard InChI is InChI=1S/C25H41NO2/c1-8-23(5,6)24(7,16-22(2,3)4)21(27)28-25(9-10-26)19-12-17-11-18(14-19)15-20(25)13-17/h17-20H,8-9,11-16H2,1-7H3. The van der Waals surface area contributed by atoms with E-state index in [-0.39, 0.29) is 16.8 Å². The molecule has 0 saturated heterocycles. The van der Waals surface area contributed by atoms with E-state index < -0.39 is 11.0 Å². The molecule has 0 aromatic rings. The minimum absolute atomic E-state index is 0.0344. The zero-order chi connectivity index (χ0) is 21.0. The minimum Gasteiger partial charge on any atom is -0.457 e. The van der Waals surface area contributed by atoms with Gasteiger partial charge in [0.2, 0.25) is 0 Å². The van der Waals surface area contributed by atoms with Gasteiger partial charge in [0.05, 0.1) is 17.9 Å². The summed E-state index contributed by atoms with van der Waals surface area (Å²) in [7, 11) is 0. The molecule has 4 bridgehead atoms. The van der Waals surface area contributed by atoms with Crippen LogP contribution >= 0.6 is 0 Å². The summed E-state index contributed by atoms with van der Waals surface area (Å²) >= 11 is 0. The molecule has 0 amide bonds. The Labute approximate surface area is 172 Å². The zero-order valence-corrected chi connectivity index (χ0v) is 19.2. The summed E-state index contributed by atoms with van der Waals surface area (Å²) in [5, 5.41) is 9.68. The number of hydrogen-bond donors (Lipinski definition) is 0. The number of hydrogen-bond acceptors (Lipinski definition) is 3. The SMILES string of the molecule is CCC(C)(C)C(C)(CC(C)(C)C)C(=O)OC1(CC#N)C2CC3CC(C2)CC1C3. The molecule has 4 aliphatic rings. The van der Waals surface area contributed by atoms with Crippen molar-refractivity contribution in [1.82, 2.24) is 0 Å². The Hall–Kier alpha value is -1.04. The number of esters is 1. The number of rotatable bonds is 6. The van der Waals surface area contributed by atoms with Gasteiger partial charge in [0.15, 0.2) is 0 Å². The van der Waals surface area contributed by atoms with Crippen molar-refractivity contribution in [2.24, 2.45) is 39.9 Å². The molecule has 0 aromatic carbocycles. The Bertz CT molecular complexity index is 622. The highest BCUT2D eigenvalue weighted by Crippen LogP contribution is 2.61. The second-order valence-corrected chi connectivity index (χ2v) is 12.3. The van der Waals surface area contributed by atoms with Gasteiger partial charge in [-0.05, 0) is 74.5 Å². The predicted octanol–water partition coefficient (Wildman–Crippen LogP) is 6.52. The maximum atomic E-state index is 13.9. The largest absolute Gasteiger partial charge is 0.457 e. The maximum Gasteiger partial charge on any atom is 0.312 e. The summed E-state index contributed by atoms with van der Waals surface area (Å²) in [4.78, 5) is 13.9. The molecular formula is C25H41NO2. The predicted molar refractivity (Wildman–Crippen MR) is 112 cm³/mol. The lowest BCUT2D eigenvalue weighted by Crippen LogP contribution is -2.61. The van der Waals surface area contributed by atoms with Crippen molar-refractivity contribution >= 4 is 5.97 Å². The third-order valence-electron chi connectivity index (χ3n) is 8.87. The molecular weight excluding hydrogens is 346 g/mol. The molecule has 3 nitrogen and oxygen atoms in total. The summed E-state index contributed by atoms with van der Waals surface area (Å²) in [6.07, 6.45) is 8.04. The van der Waals surface area contributed by atoms with Crippen molar-refractivity contribution in [2.45, 2.75) is 105 Å². The lowest BCUT2D eigenvalue weighted by molar-refractivity contribution is -0.223. The first kappa shape index (κ1) is 21.7. The highest BCUT2D eigenvalue weighted by atomic mass is 16.6. The van der Waals surface area contributed by atoms with Crippen molar-refractivity contribution in [1.29, 1.82) is 5.26 Å². The molecule has 0 heterocycles. The van der Waals surface area contributed by atoms with Crippen molar-refractivity contribution in [3.8, 4) is 6.07 Å². The van der Waals surface area contributed by atoms with Crippen LogP contribution in [0.3, 0.4) is 0 Å². The molecule has 4 saturated carbocycles. The molecule has 0 aliphatic heterocycles. The van der Waals surface area contributed by atoms with Gasteiger partial charge in [0.1, 0.15) is 5.60 Å². The van der Waals surface area contributed by atoms with Crippen LogP contribution in [-0.4, -0.2) is 11.6 Å². The molecule has 158 valence electrons. The van der Waals surface area contributed by atoms with Gasteiger partial charge in [0, 0.05) is 11.8 Å². The lowest BCUT2D eigenvalue weighted by atomic mass is 9.49. The van der Waals surface area contributed by atoms with E-state index in [1.165, 1.54) is 6.42 Å². The number of nitriles is 1. The van der Waals surface area contributed by atoms with E-state index in [0.29, 0.717) is 18.3 Å². The molecule has 0 spiro atoms. The van der Waals surface area contributed by atoms with Gasteiger partial charge in [-0.3, -0.25) is 4.79 Å². The van der Waals surface area contributed by atoms with Crippen LogP contribution in [0.5, 0.6) is 0 Å². The highest BCUT2D eigenvalue weighted by Gasteiger charge is 2.61. The lowest BCUT2D eigenvalue weighted by Gasteiger charge is -2.60. The third-order valence-corrected chi connectivity index (χ3v) is 8.87. The molecule has 1 unspecified atom stereocenters. The van der Waals surface area contributed by atoms with Gasteiger partial charge in [-0.1, -0.05) is 41.5 Å². The Balaban J connectivity index is 1.94. The summed E-state index contributed by atoms with van der Waals surface area (Å²) in [5.74, 6) is 2.30. The zero-order valence-electron chi connectivity index (χ0n) is 19.2. The van der Waals surface area contributed by atoms with Gasteiger partial charge in [0.25, 0.3) is 0 Å². The molecule has 4 fully saturated rings. The Morgan fingerprint density at radius 1 is 1.00 bits per heavy atom. The van der Waals surface area contributed by atoms with Crippen LogP contribution in [-0.2, 0) is 9.53 Å². The van der Waals surface area contributed by atoms with E-state index in [2.05, 4.69) is 54.5 Å².